The first-order valence-electron chi connectivity index (χ1n) is 7.23. The Kier molecular flexibility index (Phi) is 5.03. The number of carboxylic acid groups (broad SMARTS) is 1. The molecule has 6 heteroatoms. The van der Waals surface area contributed by atoms with E-state index in [1.807, 2.05) is 0 Å². The first kappa shape index (κ1) is 15.2. The predicted octanol–water partition coefficient (Wildman–Crippen LogP) is 2.42. The number of para-hydroxylation sites is 2. The fraction of sp³-hybridized carbons (Fsp3) is 0.467. The van der Waals surface area contributed by atoms with E-state index in [0.29, 0.717) is 11.4 Å². The van der Waals surface area contributed by atoms with Gasteiger partial charge in [0.1, 0.15) is 6.04 Å². The molecule has 1 aromatic carbocycles. The fourth-order valence-corrected chi connectivity index (χ4v) is 2.76. The Morgan fingerprint density at radius 2 is 1.86 bits per heavy atom. The summed E-state index contributed by atoms with van der Waals surface area (Å²) in [4.78, 5) is 23.4. The van der Waals surface area contributed by atoms with Gasteiger partial charge in [-0.25, -0.2) is 9.59 Å². The van der Waals surface area contributed by atoms with Crippen LogP contribution in [-0.4, -0.2) is 23.1 Å². The van der Waals surface area contributed by atoms with Gasteiger partial charge < -0.3 is 21.5 Å². The van der Waals surface area contributed by atoms with E-state index in [1.54, 1.807) is 24.3 Å². The second kappa shape index (κ2) is 6.97. The van der Waals surface area contributed by atoms with Gasteiger partial charge in [-0.2, -0.15) is 0 Å². The Morgan fingerprint density at radius 1 is 1.19 bits per heavy atom. The zero-order valence-corrected chi connectivity index (χ0v) is 11.8. The molecule has 6 nitrogen and oxygen atoms in total. The van der Waals surface area contributed by atoms with Gasteiger partial charge in [-0.1, -0.05) is 31.4 Å². The maximum Gasteiger partial charge on any atom is 0.326 e. The molecule has 0 spiro atoms. The number of anilines is 2. The standard InChI is InChI=1S/C15H21N3O3/c16-11-8-4-5-9-12(11)17-15(21)18-13(14(19)20)10-6-2-1-3-7-10/h4-5,8-10,13H,1-3,6-7,16H2,(H,19,20)(H2,17,18,21). The van der Waals surface area contributed by atoms with Crippen molar-refractivity contribution in [1.29, 1.82) is 0 Å². The van der Waals surface area contributed by atoms with Crippen molar-refractivity contribution in [2.24, 2.45) is 5.92 Å². The van der Waals surface area contributed by atoms with Crippen LogP contribution in [-0.2, 0) is 4.79 Å². The lowest BCUT2D eigenvalue weighted by molar-refractivity contribution is -0.141. The zero-order valence-electron chi connectivity index (χ0n) is 11.8. The van der Waals surface area contributed by atoms with Gasteiger partial charge >= 0.3 is 12.0 Å². The first-order chi connectivity index (χ1) is 10.1. The van der Waals surface area contributed by atoms with Gasteiger partial charge in [0.05, 0.1) is 11.4 Å². The van der Waals surface area contributed by atoms with Crippen LogP contribution in [0.3, 0.4) is 0 Å². The van der Waals surface area contributed by atoms with Crippen LogP contribution in [0.25, 0.3) is 0 Å². The molecule has 1 unspecified atom stereocenters. The lowest BCUT2D eigenvalue weighted by Crippen LogP contribution is -2.48. The van der Waals surface area contributed by atoms with Crippen LogP contribution in [0.1, 0.15) is 32.1 Å². The van der Waals surface area contributed by atoms with Crippen molar-refractivity contribution in [3.05, 3.63) is 24.3 Å². The van der Waals surface area contributed by atoms with Gasteiger partial charge in [0.2, 0.25) is 0 Å². The summed E-state index contributed by atoms with van der Waals surface area (Å²) in [7, 11) is 0. The van der Waals surface area contributed by atoms with Crippen LogP contribution < -0.4 is 16.4 Å². The Hall–Kier alpha value is -2.24. The number of amides is 2. The molecule has 2 amide bonds. The number of aliphatic carboxylic acids is 1. The van der Waals surface area contributed by atoms with Crippen molar-refractivity contribution >= 4 is 23.4 Å². The van der Waals surface area contributed by atoms with Crippen molar-refractivity contribution in [2.45, 2.75) is 38.1 Å². The van der Waals surface area contributed by atoms with Crippen molar-refractivity contribution in [2.75, 3.05) is 11.1 Å². The number of urea groups is 1. The monoisotopic (exact) mass is 291 g/mol. The molecular formula is C15H21N3O3. The van der Waals surface area contributed by atoms with E-state index < -0.39 is 18.0 Å². The van der Waals surface area contributed by atoms with Gasteiger partial charge in [0.15, 0.2) is 0 Å². The van der Waals surface area contributed by atoms with Crippen molar-refractivity contribution in [1.82, 2.24) is 5.32 Å². The maximum atomic E-state index is 12.0. The first-order valence-corrected chi connectivity index (χ1v) is 7.23. The summed E-state index contributed by atoms with van der Waals surface area (Å²) in [6.45, 7) is 0. The van der Waals surface area contributed by atoms with Crippen LogP contribution in [0.4, 0.5) is 16.2 Å². The lowest BCUT2D eigenvalue weighted by atomic mass is 9.84. The van der Waals surface area contributed by atoms with Crippen molar-refractivity contribution in [3.8, 4) is 0 Å². The molecule has 1 fully saturated rings. The highest BCUT2D eigenvalue weighted by Crippen LogP contribution is 2.26. The summed E-state index contributed by atoms with van der Waals surface area (Å²) in [5.41, 5.74) is 6.66. The average Bonchev–Trinajstić information content (AvgIpc) is 2.48. The van der Waals surface area contributed by atoms with Crippen molar-refractivity contribution in [3.63, 3.8) is 0 Å². The predicted molar refractivity (Wildman–Crippen MR) is 81.0 cm³/mol. The van der Waals surface area contributed by atoms with Crippen LogP contribution in [0, 0.1) is 5.92 Å². The van der Waals surface area contributed by atoms with E-state index in [0.717, 1.165) is 32.1 Å². The molecule has 0 bridgehead atoms. The van der Waals surface area contributed by atoms with E-state index in [4.69, 9.17) is 5.73 Å². The molecule has 1 saturated carbocycles. The Balaban J connectivity index is 1.98. The summed E-state index contributed by atoms with van der Waals surface area (Å²) in [5.74, 6) is -0.992. The van der Waals surface area contributed by atoms with E-state index in [1.165, 1.54) is 0 Å². The number of benzene rings is 1. The van der Waals surface area contributed by atoms with E-state index in [2.05, 4.69) is 10.6 Å². The van der Waals surface area contributed by atoms with E-state index in [-0.39, 0.29) is 5.92 Å². The third-order valence-corrected chi connectivity index (χ3v) is 3.88. The summed E-state index contributed by atoms with van der Waals surface area (Å²) in [6, 6.07) is 5.47. The molecule has 0 radical (unpaired) electrons. The number of carboxylic acids is 1. The number of rotatable bonds is 4. The highest BCUT2D eigenvalue weighted by atomic mass is 16.4. The highest BCUT2D eigenvalue weighted by Gasteiger charge is 2.30. The highest BCUT2D eigenvalue weighted by molar-refractivity contribution is 5.94. The van der Waals surface area contributed by atoms with E-state index >= 15 is 0 Å². The number of nitrogen functional groups attached to an aromatic ring is 1. The van der Waals surface area contributed by atoms with Crippen LogP contribution in [0.15, 0.2) is 24.3 Å². The zero-order chi connectivity index (χ0) is 15.2. The molecule has 2 rings (SSSR count). The molecule has 0 aliphatic heterocycles. The second-order valence-electron chi connectivity index (χ2n) is 5.40. The topological polar surface area (TPSA) is 104 Å². The number of hydrogen-bond donors (Lipinski definition) is 4. The smallest absolute Gasteiger partial charge is 0.326 e. The molecule has 114 valence electrons. The minimum absolute atomic E-state index is 0.00452. The van der Waals surface area contributed by atoms with E-state index in [9.17, 15) is 14.7 Å². The minimum Gasteiger partial charge on any atom is -0.480 e. The normalized spacial score (nSPS) is 17.0. The molecule has 1 aromatic rings. The number of nitrogens with one attached hydrogen (secondary N) is 2. The summed E-state index contributed by atoms with van der Waals surface area (Å²) >= 11 is 0. The number of hydrogen-bond acceptors (Lipinski definition) is 3. The average molecular weight is 291 g/mol. The van der Waals surface area contributed by atoms with Gasteiger partial charge in [0.25, 0.3) is 0 Å². The van der Waals surface area contributed by atoms with Crippen LogP contribution in [0.2, 0.25) is 0 Å². The van der Waals surface area contributed by atoms with Crippen LogP contribution in [0.5, 0.6) is 0 Å². The number of carbonyl (C=O) groups excluding carboxylic acids is 1. The molecule has 0 saturated heterocycles. The molecule has 1 aliphatic carbocycles. The van der Waals surface area contributed by atoms with Gasteiger partial charge in [-0.05, 0) is 30.9 Å². The minimum atomic E-state index is -0.988. The summed E-state index contributed by atoms with van der Waals surface area (Å²) in [5, 5.41) is 14.5. The van der Waals surface area contributed by atoms with Gasteiger partial charge in [0, 0.05) is 0 Å². The Labute approximate surface area is 123 Å². The quantitative estimate of drug-likeness (QED) is 0.639. The fourth-order valence-electron chi connectivity index (χ4n) is 2.76. The Bertz CT molecular complexity index is 513. The largest absolute Gasteiger partial charge is 0.480 e. The van der Waals surface area contributed by atoms with Gasteiger partial charge in [-0.15, -0.1) is 0 Å². The Morgan fingerprint density at radius 3 is 2.48 bits per heavy atom. The second-order valence-corrected chi connectivity index (χ2v) is 5.40. The lowest BCUT2D eigenvalue weighted by Gasteiger charge is -2.28. The molecule has 1 atom stereocenters. The van der Waals surface area contributed by atoms with Crippen LogP contribution >= 0.6 is 0 Å². The molecule has 0 aromatic heterocycles. The SMILES string of the molecule is Nc1ccccc1NC(=O)NC(C(=O)O)C1CCCCC1. The summed E-state index contributed by atoms with van der Waals surface area (Å²) < 4.78 is 0. The van der Waals surface area contributed by atoms with Gasteiger partial charge in [-0.3, -0.25) is 0 Å². The third-order valence-electron chi connectivity index (χ3n) is 3.88. The third kappa shape index (κ3) is 4.11. The maximum absolute atomic E-state index is 12.0. The molecule has 5 N–H and O–H groups in total. The van der Waals surface area contributed by atoms with Crippen molar-refractivity contribution < 1.29 is 14.7 Å². The molecule has 1 aliphatic rings. The molecule has 0 heterocycles. The molecule has 21 heavy (non-hydrogen) atoms. The molecular weight excluding hydrogens is 270 g/mol. The summed E-state index contributed by atoms with van der Waals surface area (Å²) in [6.07, 6.45) is 4.85. The number of nitrogens with two attached hydrogens (primary N) is 1. The number of carbonyl (C=O) groups is 2.